The van der Waals surface area contributed by atoms with E-state index in [0.717, 1.165) is 32.8 Å². The molecule has 0 saturated heterocycles. The van der Waals surface area contributed by atoms with Crippen LogP contribution in [0.1, 0.15) is 29.1 Å². The highest BCUT2D eigenvalue weighted by molar-refractivity contribution is 7.09. The van der Waals surface area contributed by atoms with Crippen molar-refractivity contribution in [2.24, 2.45) is 0 Å². The molecule has 2 aromatic rings. The number of aromatic nitrogens is 3. The molecule has 6 heteroatoms. The molecule has 0 saturated carbocycles. The average molecular weight is 292 g/mol. The van der Waals surface area contributed by atoms with Crippen LogP contribution in [0.25, 0.3) is 0 Å². The van der Waals surface area contributed by atoms with Crippen LogP contribution in [0.2, 0.25) is 0 Å². The molecule has 1 aliphatic rings. The maximum atomic E-state index is 5.38. The lowest BCUT2D eigenvalue weighted by molar-refractivity contribution is 0.134. The molecule has 3 heterocycles. The van der Waals surface area contributed by atoms with Gasteiger partial charge in [-0.05, 0) is 6.92 Å². The van der Waals surface area contributed by atoms with E-state index in [9.17, 15) is 0 Å². The number of hydrogen-bond donors (Lipinski definition) is 0. The number of nitrogens with zero attached hydrogens (tertiary/aromatic N) is 4. The Morgan fingerprint density at radius 3 is 3.10 bits per heavy atom. The van der Waals surface area contributed by atoms with Gasteiger partial charge in [0.25, 0.3) is 0 Å². The number of hydrogen-bond acceptors (Lipinski definition) is 5. The van der Waals surface area contributed by atoms with E-state index in [1.165, 1.54) is 16.3 Å². The molecule has 0 N–H and O–H groups in total. The third-order valence-corrected chi connectivity index (χ3v) is 4.43. The van der Waals surface area contributed by atoms with Crippen LogP contribution in [0.15, 0.2) is 17.8 Å². The van der Waals surface area contributed by atoms with Gasteiger partial charge < -0.3 is 4.74 Å². The van der Waals surface area contributed by atoms with E-state index in [1.54, 1.807) is 18.4 Å². The van der Waals surface area contributed by atoms with Gasteiger partial charge in [0.05, 0.1) is 18.8 Å². The first kappa shape index (κ1) is 13.7. The lowest BCUT2D eigenvalue weighted by Crippen LogP contribution is -2.34. The van der Waals surface area contributed by atoms with Crippen molar-refractivity contribution in [3.05, 3.63) is 34.0 Å². The zero-order chi connectivity index (χ0) is 13.9. The molecular weight excluding hydrogens is 272 g/mol. The molecule has 2 aromatic heterocycles. The molecule has 3 rings (SSSR count). The van der Waals surface area contributed by atoms with Gasteiger partial charge in [-0.3, -0.25) is 9.58 Å². The van der Waals surface area contributed by atoms with Crippen LogP contribution in [-0.2, 0) is 24.4 Å². The summed E-state index contributed by atoms with van der Waals surface area (Å²) in [6, 6.07) is 0. The van der Waals surface area contributed by atoms with Gasteiger partial charge in [0.15, 0.2) is 0 Å². The molecule has 0 amide bonds. The quantitative estimate of drug-likeness (QED) is 0.846. The van der Waals surface area contributed by atoms with E-state index in [-0.39, 0.29) is 0 Å². The van der Waals surface area contributed by atoms with Crippen molar-refractivity contribution >= 4 is 11.3 Å². The number of thiazole rings is 1. The summed E-state index contributed by atoms with van der Waals surface area (Å²) in [7, 11) is 1.76. The minimum absolute atomic E-state index is 0.358. The summed E-state index contributed by atoms with van der Waals surface area (Å²) in [4.78, 5) is 6.82. The van der Waals surface area contributed by atoms with Crippen LogP contribution in [0.4, 0.5) is 0 Å². The predicted octanol–water partition coefficient (Wildman–Crippen LogP) is 2.11. The largest absolute Gasteiger partial charge is 0.384 e. The van der Waals surface area contributed by atoms with Gasteiger partial charge in [0.2, 0.25) is 0 Å². The van der Waals surface area contributed by atoms with Crippen molar-refractivity contribution in [1.82, 2.24) is 19.7 Å². The van der Waals surface area contributed by atoms with Crippen molar-refractivity contribution in [2.45, 2.75) is 32.5 Å². The molecule has 0 bridgehead atoms. The van der Waals surface area contributed by atoms with Crippen LogP contribution in [0.5, 0.6) is 0 Å². The number of methoxy groups -OCH3 is 1. The molecule has 0 aromatic carbocycles. The zero-order valence-corrected chi connectivity index (χ0v) is 12.8. The predicted molar refractivity (Wildman–Crippen MR) is 78.7 cm³/mol. The Morgan fingerprint density at radius 2 is 2.40 bits per heavy atom. The molecule has 5 nitrogen and oxygen atoms in total. The monoisotopic (exact) mass is 292 g/mol. The molecule has 0 unspecified atom stereocenters. The van der Waals surface area contributed by atoms with Gasteiger partial charge in [-0.15, -0.1) is 11.3 Å². The minimum Gasteiger partial charge on any atom is -0.384 e. The fourth-order valence-corrected chi connectivity index (χ4v) is 3.44. The van der Waals surface area contributed by atoms with Crippen LogP contribution in [0.3, 0.4) is 0 Å². The third kappa shape index (κ3) is 2.77. The molecule has 108 valence electrons. The number of ether oxygens (including phenoxy) is 1. The Balaban J connectivity index is 1.80. The van der Waals surface area contributed by atoms with Gasteiger partial charge in [-0.2, -0.15) is 5.10 Å². The van der Waals surface area contributed by atoms with E-state index in [1.807, 2.05) is 16.3 Å². The second-order valence-corrected chi connectivity index (χ2v) is 6.12. The average Bonchev–Trinajstić information content (AvgIpc) is 3.08. The van der Waals surface area contributed by atoms with Crippen molar-refractivity contribution in [1.29, 1.82) is 0 Å². The summed E-state index contributed by atoms with van der Waals surface area (Å²) in [6.45, 7) is 6.61. The van der Waals surface area contributed by atoms with Crippen molar-refractivity contribution in [3.8, 4) is 0 Å². The fraction of sp³-hybridized carbons (Fsp3) is 0.571. The molecule has 0 aliphatic carbocycles. The highest BCUT2D eigenvalue weighted by Crippen LogP contribution is 2.28. The first-order valence-electron chi connectivity index (χ1n) is 6.96. The number of rotatable bonds is 5. The van der Waals surface area contributed by atoms with E-state index < -0.39 is 0 Å². The third-order valence-electron chi connectivity index (χ3n) is 3.66. The van der Waals surface area contributed by atoms with Crippen LogP contribution >= 0.6 is 11.3 Å². The summed E-state index contributed by atoms with van der Waals surface area (Å²) in [5.74, 6) is 0.358. The highest BCUT2D eigenvalue weighted by atomic mass is 32.1. The minimum atomic E-state index is 0.358. The SMILES string of the molecule is CCn1cc2c(n1)[C@H](COC)CN(Cc1nccs1)C2. The Labute approximate surface area is 123 Å². The molecule has 0 radical (unpaired) electrons. The standard InChI is InChI=1S/C14H20N4OS/c1-3-18-8-11-6-17(9-13-15-4-5-20-13)7-12(10-19-2)14(11)16-18/h4-5,8,12H,3,6-7,9-10H2,1-2H3/t12-/m0/s1. The Morgan fingerprint density at radius 1 is 1.50 bits per heavy atom. The van der Waals surface area contributed by atoms with Gasteiger partial charge in [-0.25, -0.2) is 4.98 Å². The summed E-state index contributed by atoms with van der Waals surface area (Å²) < 4.78 is 7.40. The molecule has 1 atom stereocenters. The fourth-order valence-electron chi connectivity index (χ4n) is 2.78. The second-order valence-electron chi connectivity index (χ2n) is 5.14. The lowest BCUT2D eigenvalue weighted by atomic mass is 9.97. The van der Waals surface area contributed by atoms with Crippen molar-refractivity contribution in [2.75, 3.05) is 20.3 Å². The van der Waals surface area contributed by atoms with E-state index in [4.69, 9.17) is 9.84 Å². The second kappa shape index (κ2) is 6.03. The Kier molecular flexibility index (Phi) is 4.14. The summed E-state index contributed by atoms with van der Waals surface area (Å²) in [5, 5.41) is 7.91. The lowest BCUT2D eigenvalue weighted by Gasteiger charge is -2.30. The summed E-state index contributed by atoms with van der Waals surface area (Å²) in [6.07, 6.45) is 4.04. The molecule has 20 heavy (non-hydrogen) atoms. The van der Waals surface area contributed by atoms with Gasteiger partial charge in [-0.1, -0.05) is 0 Å². The van der Waals surface area contributed by atoms with E-state index in [0.29, 0.717) is 5.92 Å². The summed E-state index contributed by atoms with van der Waals surface area (Å²) >= 11 is 1.72. The zero-order valence-electron chi connectivity index (χ0n) is 12.0. The molecule has 0 fully saturated rings. The van der Waals surface area contributed by atoms with Gasteiger partial charge >= 0.3 is 0 Å². The molecular formula is C14H20N4OS. The maximum absolute atomic E-state index is 5.38. The number of aryl methyl sites for hydroxylation is 1. The van der Waals surface area contributed by atoms with E-state index >= 15 is 0 Å². The summed E-state index contributed by atoms with van der Waals surface area (Å²) in [5.41, 5.74) is 2.54. The van der Waals surface area contributed by atoms with Gasteiger partial charge in [0, 0.05) is 56.0 Å². The smallest absolute Gasteiger partial charge is 0.107 e. The Bertz CT molecular complexity index is 552. The molecule has 0 spiro atoms. The van der Waals surface area contributed by atoms with Crippen molar-refractivity contribution in [3.63, 3.8) is 0 Å². The molecule has 1 aliphatic heterocycles. The van der Waals surface area contributed by atoms with Crippen LogP contribution < -0.4 is 0 Å². The first-order chi connectivity index (χ1) is 9.80. The Hall–Kier alpha value is -1.24. The normalized spacial score (nSPS) is 19.2. The van der Waals surface area contributed by atoms with Gasteiger partial charge in [0.1, 0.15) is 5.01 Å². The first-order valence-corrected chi connectivity index (χ1v) is 7.84. The topological polar surface area (TPSA) is 43.2 Å². The van der Waals surface area contributed by atoms with Crippen molar-refractivity contribution < 1.29 is 4.74 Å². The maximum Gasteiger partial charge on any atom is 0.107 e. The van der Waals surface area contributed by atoms with Crippen LogP contribution in [-0.4, -0.2) is 39.9 Å². The number of fused-ring (bicyclic) bond motifs is 1. The highest BCUT2D eigenvalue weighted by Gasteiger charge is 2.28. The van der Waals surface area contributed by atoms with Crippen LogP contribution in [0, 0.1) is 0 Å². The van der Waals surface area contributed by atoms with E-state index in [2.05, 4.69) is 23.0 Å².